The normalized spacial score (nSPS) is 10.7. The van der Waals surface area contributed by atoms with Gasteiger partial charge in [-0.2, -0.15) is 0 Å². The summed E-state index contributed by atoms with van der Waals surface area (Å²) in [6.07, 6.45) is 1.83. The van der Waals surface area contributed by atoms with Gasteiger partial charge in [0.05, 0.1) is 12.1 Å². The van der Waals surface area contributed by atoms with Crippen molar-refractivity contribution in [1.82, 2.24) is 10.2 Å². The van der Waals surface area contributed by atoms with E-state index in [2.05, 4.69) is 24.5 Å². The molecule has 2 amide bonds. The predicted molar refractivity (Wildman–Crippen MR) is 140 cm³/mol. The molecular formula is C24H26ClN3O3S2. The minimum atomic E-state index is -0.390. The maximum atomic E-state index is 12.7. The first-order valence-electron chi connectivity index (χ1n) is 10.7. The molecule has 0 aliphatic rings. The third kappa shape index (κ3) is 6.01. The Bertz CT molecular complexity index is 1160. The van der Waals surface area contributed by atoms with Gasteiger partial charge in [0, 0.05) is 34.4 Å². The number of benzene rings is 2. The van der Waals surface area contributed by atoms with Crippen molar-refractivity contribution in [1.29, 1.82) is 0 Å². The summed E-state index contributed by atoms with van der Waals surface area (Å²) in [6, 6.07) is 12.5. The number of fused-ring (bicyclic) bond motifs is 1. The molecule has 9 heteroatoms. The molecule has 0 radical (unpaired) electrons. The Hall–Kier alpha value is -2.68. The van der Waals surface area contributed by atoms with Crippen molar-refractivity contribution in [2.75, 3.05) is 25.5 Å². The highest BCUT2D eigenvalue weighted by atomic mass is 35.5. The molecule has 33 heavy (non-hydrogen) atoms. The molecule has 0 saturated heterocycles. The van der Waals surface area contributed by atoms with Crippen molar-refractivity contribution >= 4 is 67.9 Å². The number of methoxy groups -OCH3 is 1. The number of rotatable bonds is 8. The number of amides is 2. The molecule has 6 nitrogen and oxygen atoms in total. The van der Waals surface area contributed by atoms with Crippen LogP contribution in [0.3, 0.4) is 0 Å². The summed E-state index contributed by atoms with van der Waals surface area (Å²) in [4.78, 5) is 27.7. The van der Waals surface area contributed by atoms with Gasteiger partial charge in [-0.3, -0.25) is 14.9 Å². The molecule has 0 aliphatic heterocycles. The molecule has 0 fully saturated rings. The van der Waals surface area contributed by atoms with Crippen LogP contribution in [0.1, 0.15) is 46.7 Å². The monoisotopic (exact) mass is 503 g/mol. The number of anilines is 1. The van der Waals surface area contributed by atoms with E-state index in [0.717, 1.165) is 36.0 Å². The Labute approximate surface area is 207 Å². The van der Waals surface area contributed by atoms with Crippen LogP contribution in [0.4, 0.5) is 5.69 Å². The van der Waals surface area contributed by atoms with Crippen LogP contribution in [0.15, 0.2) is 42.5 Å². The van der Waals surface area contributed by atoms with Crippen molar-refractivity contribution in [2.45, 2.75) is 26.7 Å². The van der Waals surface area contributed by atoms with Crippen molar-refractivity contribution < 1.29 is 14.3 Å². The van der Waals surface area contributed by atoms with E-state index in [4.69, 9.17) is 28.6 Å². The summed E-state index contributed by atoms with van der Waals surface area (Å²) in [5.74, 6) is 0.315. The van der Waals surface area contributed by atoms with Crippen LogP contribution in [-0.2, 0) is 0 Å². The van der Waals surface area contributed by atoms with E-state index in [1.165, 1.54) is 11.3 Å². The van der Waals surface area contributed by atoms with Crippen molar-refractivity contribution in [3.05, 3.63) is 57.9 Å². The van der Waals surface area contributed by atoms with Gasteiger partial charge in [0.25, 0.3) is 11.8 Å². The fourth-order valence-corrected chi connectivity index (χ4v) is 5.03. The highest BCUT2D eigenvalue weighted by Crippen LogP contribution is 2.37. The van der Waals surface area contributed by atoms with E-state index in [1.54, 1.807) is 37.4 Å². The van der Waals surface area contributed by atoms with Crippen LogP contribution in [0, 0.1) is 0 Å². The molecule has 174 valence electrons. The fraction of sp³-hybridized carbons (Fsp3) is 0.292. The Kier molecular flexibility index (Phi) is 8.66. The maximum absolute atomic E-state index is 12.7. The average molecular weight is 504 g/mol. The van der Waals surface area contributed by atoms with E-state index < -0.39 is 0 Å². The predicted octanol–water partition coefficient (Wildman–Crippen LogP) is 5.95. The lowest BCUT2D eigenvalue weighted by Gasteiger charge is -2.21. The highest BCUT2D eigenvalue weighted by molar-refractivity contribution is 7.80. The van der Waals surface area contributed by atoms with Crippen LogP contribution in [0.25, 0.3) is 10.1 Å². The summed E-state index contributed by atoms with van der Waals surface area (Å²) >= 11 is 13.0. The number of thiophene rings is 1. The molecule has 0 saturated carbocycles. The molecule has 1 heterocycles. The van der Waals surface area contributed by atoms with Gasteiger partial charge in [-0.05, 0) is 67.5 Å². The number of thiocarbonyl (C=S) groups is 1. The molecular weight excluding hydrogens is 478 g/mol. The maximum Gasteiger partial charge on any atom is 0.269 e. The summed E-state index contributed by atoms with van der Waals surface area (Å²) in [7, 11) is 1.59. The van der Waals surface area contributed by atoms with Crippen molar-refractivity contribution in [3.8, 4) is 5.75 Å². The summed E-state index contributed by atoms with van der Waals surface area (Å²) in [6.45, 7) is 5.58. The number of nitrogens with one attached hydrogen (secondary N) is 2. The van der Waals surface area contributed by atoms with Gasteiger partial charge in [-0.15, -0.1) is 11.3 Å². The topological polar surface area (TPSA) is 70.7 Å². The standard InChI is InChI=1S/C24H26ClN3O3S2/c1-4-12-28(13-5-2)23(30)15-6-8-16(9-7-15)26-24(32)27-22(29)21-20(25)18-11-10-17(31-3)14-19(18)33-21/h6-11,14H,4-5,12-13H2,1-3H3,(H2,26,27,29,32). The van der Waals surface area contributed by atoms with Gasteiger partial charge in [0.1, 0.15) is 10.6 Å². The number of ether oxygens (including phenoxy) is 1. The third-order valence-corrected chi connectivity index (χ3v) is 6.79. The molecule has 2 N–H and O–H groups in total. The first kappa shape index (κ1) is 25.0. The number of carbonyl (C=O) groups excluding carboxylic acids is 2. The Morgan fingerprint density at radius 1 is 1.09 bits per heavy atom. The highest BCUT2D eigenvalue weighted by Gasteiger charge is 2.19. The number of nitrogens with zero attached hydrogens (tertiary/aromatic N) is 1. The zero-order valence-electron chi connectivity index (χ0n) is 18.7. The second kappa shape index (κ2) is 11.4. The molecule has 0 unspecified atom stereocenters. The van der Waals surface area contributed by atoms with Crippen LogP contribution in [0.2, 0.25) is 5.02 Å². The molecule has 0 spiro atoms. The van der Waals surface area contributed by atoms with Crippen LogP contribution < -0.4 is 15.4 Å². The van der Waals surface area contributed by atoms with Crippen molar-refractivity contribution in [3.63, 3.8) is 0 Å². The minimum absolute atomic E-state index is 0.0113. The number of hydrogen-bond acceptors (Lipinski definition) is 5. The lowest BCUT2D eigenvalue weighted by molar-refractivity contribution is 0.0755. The number of carbonyl (C=O) groups is 2. The molecule has 0 aliphatic carbocycles. The van der Waals surface area contributed by atoms with E-state index >= 15 is 0 Å². The Morgan fingerprint density at radius 3 is 2.36 bits per heavy atom. The largest absolute Gasteiger partial charge is 0.497 e. The van der Waals surface area contributed by atoms with Gasteiger partial charge in [0.2, 0.25) is 0 Å². The first-order chi connectivity index (χ1) is 15.9. The second-order valence-corrected chi connectivity index (χ2v) is 9.22. The zero-order chi connectivity index (χ0) is 24.0. The summed E-state index contributed by atoms with van der Waals surface area (Å²) < 4.78 is 6.08. The fourth-order valence-electron chi connectivity index (χ4n) is 3.37. The lowest BCUT2D eigenvalue weighted by Crippen LogP contribution is -2.34. The van der Waals surface area contributed by atoms with Gasteiger partial charge in [-0.1, -0.05) is 25.4 Å². The average Bonchev–Trinajstić information content (AvgIpc) is 3.14. The Balaban J connectivity index is 1.65. The molecule has 0 atom stereocenters. The van der Waals surface area contributed by atoms with Crippen LogP contribution >= 0.6 is 35.2 Å². The van der Waals surface area contributed by atoms with E-state index in [-0.39, 0.29) is 16.9 Å². The van der Waals surface area contributed by atoms with Gasteiger partial charge >= 0.3 is 0 Å². The molecule has 1 aromatic heterocycles. The number of hydrogen-bond donors (Lipinski definition) is 2. The Morgan fingerprint density at radius 2 is 1.76 bits per heavy atom. The van der Waals surface area contributed by atoms with Gasteiger partial charge in [-0.25, -0.2) is 0 Å². The quantitative estimate of drug-likeness (QED) is 0.371. The number of halogens is 1. The van der Waals surface area contributed by atoms with E-state index in [1.807, 2.05) is 17.0 Å². The third-order valence-electron chi connectivity index (χ3n) is 4.93. The summed E-state index contributed by atoms with van der Waals surface area (Å²) in [5, 5.41) is 6.95. The van der Waals surface area contributed by atoms with E-state index in [0.29, 0.717) is 26.9 Å². The minimum Gasteiger partial charge on any atom is -0.497 e. The van der Waals surface area contributed by atoms with Crippen LogP contribution in [0.5, 0.6) is 5.75 Å². The first-order valence-corrected chi connectivity index (χ1v) is 12.3. The van der Waals surface area contributed by atoms with Gasteiger partial charge < -0.3 is 15.0 Å². The smallest absolute Gasteiger partial charge is 0.269 e. The second-order valence-electron chi connectivity index (χ2n) is 7.39. The SMILES string of the molecule is CCCN(CCC)C(=O)c1ccc(NC(=S)NC(=O)c2sc3cc(OC)ccc3c2Cl)cc1. The zero-order valence-corrected chi connectivity index (χ0v) is 21.1. The van der Waals surface area contributed by atoms with Crippen molar-refractivity contribution in [2.24, 2.45) is 0 Å². The molecule has 3 aromatic rings. The molecule has 0 bridgehead atoms. The molecule has 2 aromatic carbocycles. The lowest BCUT2D eigenvalue weighted by atomic mass is 10.1. The van der Waals surface area contributed by atoms with Crippen LogP contribution in [-0.4, -0.2) is 42.0 Å². The van der Waals surface area contributed by atoms with Gasteiger partial charge in [0.15, 0.2) is 5.11 Å². The van der Waals surface area contributed by atoms with E-state index in [9.17, 15) is 9.59 Å². The summed E-state index contributed by atoms with van der Waals surface area (Å²) in [5.41, 5.74) is 1.28. The molecule has 3 rings (SSSR count).